The lowest BCUT2D eigenvalue weighted by atomic mass is 10.1. The largest absolute Gasteiger partial charge is 0.394 e. The number of hydrogen-bond donors (Lipinski definition) is 7. The van der Waals surface area contributed by atoms with E-state index in [1.54, 1.807) is 0 Å². The third kappa shape index (κ3) is 2.90. The van der Waals surface area contributed by atoms with Crippen molar-refractivity contribution in [1.82, 2.24) is 19.5 Å². The number of aliphatic hydroxyl groups excluding tert-OH is 3. The molecule has 4 atom stereocenters. The number of imidazole rings is 1. The molecule has 2 aromatic rings. The lowest BCUT2D eigenvalue weighted by Crippen LogP contribution is -2.33. The number of hydrogen-bond acceptors (Lipinski definition) is 11. The zero-order chi connectivity index (χ0) is 17.1. The summed E-state index contributed by atoms with van der Waals surface area (Å²) in [6, 6.07) is 0. The Morgan fingerprint density at radius 3 is 2.57 bits per heavy atom. The summed E-state index contributed by atoms with van der Waals surface area (Å²) in [5.41, 5.74) is 13.1. The molecule has 1 fully saturated rings. The van der Waals surface area contributed by atoms with Crippen LogP contribution in [-0.2, 0) is 4.74 Å². The zero-order valence-electron chi connectivity index (χ0n) is 12.4. The van der Waals surface area contributed by atoms with E-state index in [4.69, 9.17) is 21.4 Å². The smallest absolute Gasteiger partial charge is 0.241 e. The standard InChI is InChI=1S/C10H15N7O4.CH5N/c11-7-4-8(15-10(14-7)16-12)17(2-13-4)9-6(20)5(19)3(1-18)21-9;1-2/h2-3,5-6,9,18-20H,1,12H2,(H3,11,14,15,16);2H2,1H3/t3-,5-,6-,9-;/m1./s1. The summed E-state index contributed by atoms with van der Waals surface area (Å²) in [6.45, 7) is -0.423. The highest BCUT2D eigenvalue weighted by molar-refractivity contribution is 5.82. The maximum absolute atomic E-state index is 10.0. The highest BCUT2D eigenvalue weighted by Crippen LogP contribution is 2.32. The fraction of sp³-hybridized carbons (Fsp3) is 0.545. The summed E-state index contributed by atoms with van der Waals surface area (Å²) in [7, 11) is 1.50. The number of hydrazine groups is 1. The van der Waals surface area contributed by atoms with Crippen LogP contribution in [0.4, 0.5) is 11.8 Å². The number of nitrogens with two attached hydrogens (primary N) is 3. The molecule has 0 saturated carbocycles. The second-order valence-corrected chi connectivity index (χ2v) is 4.63. The lowest BCUT2D eigenvalue weighted by molar-refractivity contribution is -0.0511. The van der Waals surface area contributed by atoms with E-state index in [-0.39, 0.29) is 17.4 Å². The highest BCUT2D eigenvalue weighted by atomic mass is 16.6. The Morgan fingerprint density at radius 1 is 1.30 bits per heavy atom. The van der Waals surface area contributed by atoms with E-state index in [0.717, 1.165) is 0 Å². The molecule has 12 nitrogen and oxygen atoms in total. The van der Waals surface area contributed by atoms with Crippen molar-refractivity contribution in [3.8, 4) is 0 Å². The van der Waals surface area contributed by atoms with Gasteiger partial charge in [0.1, 0.15) is 23.8 Å². The quantitative estimate of drug-likeness (QED) is 0.222. The van der Waals surface area contributed by atoms with Gasteiger partial charge in [0.2, 0.25) is 5.95 Å². The molecule has 3 heterocycles. The minimum Gasteiger partial charge on any atom is -0.394 e. The molecular weight excluding hydrogens is 308 g/mol. The minimum atomic E-state index is -1.25. The number of rotatable bonds is 3. The first-order valence-corrected chi connectivity index (χ1v) is 6.73. The molecule has 0 aromatic carbocycles. The van der Waals surface area contributed by atoms with E-state index < -0.39 is 31.1 Å². The van der Waals surface area contributed by atoms with Gasteiger partial charge in [-0.3, -0.25) is 9.99 Å². The molecule has 23 heavy (non-hydrogen) atoms. The maximum Gasteiger partial charge on any atom is 0.241 e. The van der Waals surface area contributed by atoms with E-state index in [1.165, 1.54) is 17.9 Å². The van der Waals surface area contributed by atoms with Crippen molar-refractivity contribution in [3.63, 3.8) is 0 Å². The number of nitrogens with zero attached hydrogens (tertiary/aromatic N) is 4. The Kier molecular flexibility index (Phi) is 5.25. The summed E-state index contributed by atoms with van der Waals surface area (Å²) in [5.74, 6) is 5.45. The molecule has 1 aliphatic heterocycles. The third-order valence-corrected chi connectivity index (χ3v) is 3.37. The molecule has 0 unspecified atom stereocenters. The van der Waals surface area contributed by atoms with Crippen LogP contribution < -0.4 is 22.7 Å². The van der Waals surface area contributed by atoms with Gasteiger partial charge in [-0.15, -0.1) is 0 Å². The van der Waals surface area contributed by atoms with Crippen molar-refractivity contribution in [2.75, 3.05) is 24.8 Å². The summed E-state index contributed by atoms with van der Waals surface area (Å²) >= 11 is 0. The van der Waals surface area contributed by atoms with Gasteiger partial charge in [-0.25, -0.2) is 10.8 Å². The van der Waals surface area contributed by atoms with Gasteiger partial charge in [-0.2, -0.15) is 9.97 Å². The van der Waals surface area contributed by atoms with Gasteiger partial charge in [0.15, 0.2) is 17.7 Å². The summed E-state index contributed by atoms with van der Waals surface area (Å²) in [6.07, 6.45) is -2.96. The van der Waals surface area contributed by atoms with Crippen LogP contribution in [0.25, 0.3) is 11.2 Å². The molecule has 3 rings (SSSR count). The van der Waals surface area contributed by atoms with Crippen molar-refractivity contribution in [2.45, 2.75) is 24.5 Å². The number of nitrogen functional groups attached to an aromatic ring is 2. The normalized spacial score (nSPS) is 26.9. The predicted octanol–water partition coefficient (Wildman–Crippen LogP) is -3.12. The topological polar surface area (TPSA) is 204 Å². The SMILES string of the molecule is CN.NNc1nc(N)c2ncn([C@@H]3O[C@H](CO)[C@@H](O)[C@H]3O)c2n1. The Bertz CT molecular complexity index is 665. The van der Waals surface area contributed by atoms with Gasteiger partial charge in [-0.05, 0) is 7.05 Å². The van der Waals surface area contributed by atoms with Crippen LogP contribution in [0.2, 0.25) is 0 Å². The van der Waals surface area contributed by atoms with Gasteiger partial charge in [0.05, 0.1) is 12.9 Å². The van der Waals surface area contributed by atoms with Crippen molar-refractivity contribution in [3.05, 3.63) is 6.33 Å². The second kappa shape index (κ2) is 6.99. The first-order valence-electron chi connectivity index (χ1n) is 6.73. The van der Waals surface area contributed by atoms with E-state index in [2.05, 4.69) is 26.1 Å². The van der Waals surface area contributed by atoms with Crippen molar-refractivity contribution >= 4 is 22.9 Å². The Morgan fingerprint density at radius 2 is 2.00 bits per heavy atom. The molecular formula is C11H20N8O4. The highest BCUT2D eigenvalue weighted by Gasteiger charge is 2.44. The monoisotopic (exact) mass is 328 g/mol. The van der Waals surface area contributed by atoms with Crippen LogP contribution in [0.1, 0.15) is 6.23 Å². The van der Waals surface area contributed by atoms with E-state index in [1.807, 2.05) is 0 Å². The molecule has 128 valence electrons. The van der Waals surface area contributed by atoms with Crippen molar-refractivity contribution < 1.29 is 20.1 Å². The molecule has 1 aliphatic rings. The number of aromatic nitrogens is 4. The van der Waals surface area contributed by atoms with Gasteiger partial charge < -0.3 is 31.5 Å². The average Bonchev–Trinajstić information content (AvgIpc) is 3.12. The van der Waals surface area contributed by atoms with Crippen LogP contribution in [-0.4, -0.2) is 66.8 Å². The zero-order valence-corrected chi connectivity index (χ0v) is 12.4. The predicted molar refractivity (Wildman–Crippen MR) is 80.7 cm³/mol. The molecule has 10 N–H and O–H groups in total. The fourth-order valence-corrected chi connectivity index (χ4v) is 2.30. The van der Waals surface area contributed by atoms with E-state index in [9.17, 15) is 10.2 Å². The summed E-state index contributed by atoms with van der Waals surface area (Å²) in [5, 5.41) is 28.9. The van der Waals surface area contributed by atoms with Crippen LogP contribution in [0.15, 0.2) is 6.33 Å². The molecule has 0 aliphatic carbocycles. The number of ether oxygens (including phenoxy) is 1. The Labute approximate surface area is 130 Å². The van der Waals surface area contributed by atoms with Gasteiger partial charge in [0, 0.05) is 0 Å². The molecule has 0 amide bonds. The maximum atomic E-state index is 10.0. The summed E-state index contributed by atoms with van der Waals surface area (Å²) in [4.78, 5) is 12.1. The van der Waals surface area contributed by atoms with Crippen molar-refractivity contribution in [1.29, 1.82) is 0 Å². The first-order chi connectivity index (χ1) is 11.1. The number of fused-ring (bicyclic) bond motifs is 1. The molecule has 12 heteroatoms. The summed E-state index contributed by atoms with van der Waals surface area (Å²) < 4.78 is 6.82. The third-order valence-electron chi connectivity index (χ3n) is 3.37. The molecule has 0 radical (unpaired) electrons. The minimum absolute atomic E-state index is 0.0773. The Balaban J connectivity index is 0.000000924. The van der Waals surface area contributed by atoms with E-state index >= 15 is 0 Å². The van der Waals surface area contributed by atoms with Crippen LogP contribution in [0.3, 0.4) is 0 Å². The van der Waals surface area contributed by atoms with Gasteiger partial charge in [0.25, 0.3) is 0 Å². The molecule has 0 bridgehead atoms. The Hall–Kier alpha value is -2.09. The van der Waals surface area contributed by atoms with E-state index in [0.29, 0.717) is 5.52 Å². The van der Waals surface area contributed by atoms with Gasteiger partial charge in [-0.1, -0.05) is 0 Å². The number of anilines is 2. The number of nitrogens with one attached hydrogen (secondary N) is 1. The van der Waals surface area contributed by atoms with Crippen LogP contribution in [0.5, 0.6) is 0 Å². The van der Waals surface area contributed by atoms with Crippen LogP contribution in [0, 0.1) is 0 Å². The van der Waals surface area contributed by atoms with Gasteiger partial charge >= 0.3 is 0 Å². The molecule has 0 spiro atoms. The fourth-order valence-electron chi connectivity index (χ4n) is 2.30. The lowest BCUT2D eigenvalue weighted by Gasteiger charge is -2.16. The van der Waals surface area contributed by atoms with Crippen molar-refractivity contribution in [2.24, 2.45) is 11.6 Å². The first kappa shape index (κ1) is 17.3. The molecule has 2 aromatic heterocycles. The second-order valence-electron chi connectivity index (χ2n) is 4.63. The number of aliphatic hydroxyl groups is 3. The van der Waals surface area contributed by atoms with Crippen LogP contribution >= 0.6 is 0 Å². The average molecular weight is 328 g/mol. The molecule has 1 saturated heterocycles.